The molecule has 6 heteroatoms. The van der Waals surface area contributed by atoms with Gasteiger partial charge < -0.3 is 15.6 Å². The number of hydrogen-bond donors (Lipinski definition) is 2. The zero-order valence-electron chi connectivity index (χ0n) is 10.8. The van der Waals surface area contributed by atoms with Crippen LogP contribution in [0.3, 0.4) is 0 Å². The average molecular weight is 259 g/mol. The monoisotopic (exact) mass is 259 g/mol. The summed E-state index contributed by atoms with van der Waals surface area (Å²) >= 11 is 0. The molecule has 0 aliphatic heterocycles. The molecular formula is C13H17N5O. The molecule has 1 aromatic carbocycles. The molecular weight excluding hydrogens is 242 g/mol. The molecule has 2 rings (SSSR count). The van der Waals surface area contributed by atoms with Gasteiger partial charge in [-0.15, -0.1) is 10.2 Å². The number of aromatic nitrogens is 3. The molecule has 0 radical (unpaired) electrons. The van der Waals surface area contributed by atoms with E-state index in [1.807, 2.05) is 37.4 Å². The maximum atomic E-state index is 11.9. The molecule has 1 heterocycles. The zero-order chi connectivity index (χ0) is 13.7. The second-order valence-electron chi connectivity index (χ2n) is 4.37. The van der Waals surface area contributed by atoms with Crippen molar-refractivity contribution in [1.82, 2.24) is 20.1 Å². The van der Waals surface area contributed by atoms with Crippen molar-refractivity contribution in [2.45, 2.75) is 19.0 Å². The van der Waals surface area contributed by atoms with Gasteiger partial charge in [0.2, 0.25) is 5.91 Å². The van der Waals surface area contributed by atoms with E-state index in [4.69, 9.17) is 5.73 Å². The molecule has 0 aliphatic carbocycles. The molecule has 0 aliphatic rings. The first-order valence-corrected chi connectivity index (χ1v) is 6.07. The molecule has 0 fully saturated rings. The van der Waals surface area contributed by atoms with Crippen molar-refractivity contribution in [3.05, 3.63) is 48.0 Å². The quantitative estimate of drug-likeness (QED) is 0.791. The molecule has 0 bridgehead atoms. The second-order valence-corrected chi connectivity index (χ2v) is 4.37. The van der Waals surface area contributed by atoms with Crippen LogP contribution in [-0.4, -0.2) is 26.7 Å². The minimum atomic E-state index is -0.560. The summed E-state index contributed by atoms with van der Waals surface area (Å²) < 4.78 is 1.75. The van der Waals surface area contributed by atoms with Crippen LogP contribution in [0.5, 0.6) is 0 Å². The molecule has 1 aromatic heterocycles. The molecule has 3 N–H and O–H groups in total. The Morgan fingerprint density at radius 2 is 2.16 bits per heavy atom. The van der Waals surface area contributed by atoms with Crippen molar-refractivity contribution < 1.29 is 4.79 Å². The Morgan fingerprint density at radius 3 is 2.79 bits per heavy atom. The largest absolute Gasteiger partial charge is 0.347 e. The Labute approximate surface area is 111 Å². The number of nitrogens with one attached hydrogen (secondary N) is 1. The highest BCUT2D eigenvalue weighted by atomic mass is 16.2. The fourth-order valence-corrected chi connectivity index (χ4v) is 1.73. The first-order valence-electron chi connectivity index (χ1n) is 6.07. The van der Waals surface area contributed by atoms with E-state index in [1.54, 1.807) is 10.9 Å². The van der Waals surface area contributed by atoms with Crippen LogP contribution in [0.2, 0.25) is 0 Å². The van der Waals surface area contributed by atoms with Crippen LogP contribution < -0.4 is 11.1 Å². The van der Waals surface area contributed by atoms with Gasteiger partial charge in [-0.25, -0.2) is 0 Å². The van der Waals surface area contributed by atoms with Gasteiger partial charge in [0, 0.05) is 7.05 Å². The minimum absolute atomic E-state index is 0.188. The lowest BCUT2D eigenvalue weighted by atomic mass is 10.1. The first kappa shape index (κ1) is 13.2. The molecule has 0 saturated heterocycles. The summed E-state index contributed by atoms with van der Waals surface area (Å²) in [5, 5.41) is 10.4. The minimum Gasteiger partial charge on any atom is -0.347 e. The van der Waals surface area contributed by atoms with E-state index >= 15 is 0 Å². The number of carbonyl (C=O) groups is 1. The first-order chi connectivity index (χ1) is 9.16. The molecule has 1 atom stereocenters. The van der Waals surface area contributed by atoms with Crippen molar-refractivity contribution in [2.24, 2.45) is 12.8 Å². The topological polar surface area (TPSA) is 85.8 Å². The maximum Gasteiger partial charge on any atom is 0.237 e. The summed E-state index contributed by atoms with van der Waals surface area (Å²) in [6.45, 7) is 0.331. The molecule has 1 amide bonds. The van der Waals surface area contributed by atoms with Crippen molar-refractivity contribution in [1.29, 1.82) is 0 Å². The Hall–Kier alpha value is -2.21. The van der Waals surface area contributed by atoms with Gasteiger partial charge >= 0.3 is 0 Å². The highest BCUT2D eigenvalue weighted by Crippen LogP contribution is 2.02. The third-order valence-electron chi connectivity index (χ3n) is 2.86. The lowest BCUT2D eigenvalue weighted by Gasteiger charge is -2.12. The molecule has 0 saturated carbocycles. The van der Waals surface area contributed by atoms with Crippen molar-refractivity contribution in [3.8, 4) is 0 Å². The molecule has 1 unspecified atom stereocenters. The van der Waals surface area contributed by atoms with Gasteiger partial charge in [-0.05, 0) is 12.0 Å². The van der Waals surface area contributed by atoms with Crippen LogP contribution in [0.15, 0.2) is 36.7 Å². The van der Waals surface area contributed by atoms with E-state index in [9.17, 15) is 4.79 Å². The fourth-order valence-electron chi connectivity index (χ4n) is 1.73. The number of hydrogen-bond acceptors (Lipinski definition) is 4. The summed E-state index contributed by atoms with van der Waals surface area (Å²) in [6, 6.07) is 9.14. The Balaban J connectivity index is 1.84. The van der Waals surface area contributed by atoms with Crippen molar-refractivity contribution in [2.75, 3.05) is 0 Å². The lowest BCUT2D eigenvalue weighted by molar-refractivity contribution is -0.122. The van der Waals surface area contributed by atoms with Crippen LogP contribution in [0.1, 0.15) is 11.4 Å². The predicted molar refractivity (Wildman–Crippen MR) is 71.0 cm³/mol. The van der Waals surface area contributed by atoms with E-state index in [2.05, 4.69) is 15.5 Å². The summed E-state index contributed by atoms with van der Waals surface area (Å²) in [6.07, 6.45) is 2.11. The SMILES string of the molecule is Cn1cnnc1CNC(=O)C(N)Cc1ccccc1. The van der Waals surface area contributed by atoms with Crippen LogP contribution in [-0.2, 0) is 24.8 Å². The van der Waals surface area contributed by atoms with Crippen molar-refractivity contribution in [3.63, 3.8) is 0 Å². The Kier molecular flexibility index (Phi) is 4.25. The van der Waals surface area contributed by atoms with Crippen LogP contribution in [0.25, 0.3) is 0 Å². The number of benzene rings is 1. The van der Waals surface area contributed by atoms with Gasteiger partial charge in [0.25, 0.3) is 0 Å². The summed E-state index contributed by atoms with van der Waals surface area (Å²) in [5.74, 6) is 0.507. The highest BCUT2D eigenvalue weighted by molar-refractivity contribution is 5.81. The highest BCUT2D eigenvalue weighted by Gasteiger charge is 2.14. The van der Waals surface area contributed by atoms with Crippen LogP contribution >= 0.6 is 0 Å². The Morgan fingerprint density at radius 1 is 1.42 bits per heavy atom. The van der Waals surface area contributed by atoms with E-state index in [-0.39, 0.29) is 5.91 Å². The molecule has 19 heavy (non-hydrogen) atoms. The summed E-state index contributed by atoms with van der Waals surface area (Å²) in [4.78, 5) is 11.9. The van der Waals surface area contributed by atoms with Crippen LogP contribution in [0.4, 0.5) is 0 Å². The standard InChI is InChI=1S/C13H17N5O/c1-18-9-16-17-12(18)8-15-13(19)11(14)7-10-5-3-2-4-6-10/h2-6,9,11H,7-8,14H2,1H3,(H,15,19). The summed E-state index contributed by atoms with van der Waals surface area (Å²) in [5.41, 5.74) is 6.92. The fraction of sp³-hybridized carbons (Fsp3) is 0.308. The van der Waals surface area contributed by atoms with Gasteiger partial charge in [-0.2, -0.15) is 0 Å². The normalized spacial score (nSPS) is 12.1. The second kappa shape index (κ2) is 6.10. The number of rotatable bonds is 5. The van der Waals surface area contributed by atoms with E-state index < -0.39 is 6.04 Å². The Bertz CT molecular complexity index is 537. The summed E-state index contributed by atoms with van der Waals surface area (Å²) in [7, 11) is 1.82. The number of aryl methyl sites for hydroxylation is 1. The smallest absolute Gasteiger partial charge is 0.237 e. The number of nitrogens with zero attached hydrogens (tertiary/aromatic N) is 3. The average Bonchev–Trinajstić information content (AvgIpc) is 2.82. The van der Waals surface area contributed by atoms with Crippen LogP contribution in [0, 0.1) is 0 Å². The lowest BCUT2D eigenvalue weighted by Crippen LogP contribution is -2.42. The molecule has 100 valence electrons. The predicted octanol–water partition coefficient (Wildman–Crippen LogP) is 0.00130. The molecule has 2 aromatic rings. The number of amides is 1. The van der Waals surface area contributed by atoms with Gasteiger partial charge in [0.1, 0.15) is 6.33 Å². The van der Waals surface area contributed by atoms with E-state index in [0.29, 0.717) is 18.8 Å². The van der Waals surface area contributed by atoms with Gasteiger partial charge in [-0.3, -0.25) is 4.79 Å². The van der Waals surface area contributed by atoms with Gasteiger partial charge in [0.05, 0.1) is 12.6 Å². The van der Waals surface area contributed by atoms with E-state index in [0.717, 1.165) is 5.56 Å². The maximum absolute atomic E-state index is 11.9. The molecule has 0 spiro atoms. The third kappa shape index (κ3) is 3.62. The van der Waals surface area contributed by atoms with Crippen molar-refractivity contribution >= 4 is 5.91 Å². The zero-order valence-corrected chi connectivity index (χ0v) is 10.8. The van der Waals surface area contributed by atoms with Gasteiger partial charge in [0.15, 0.2) is 5.82 Å². The van der Waals surface area contributed by atoms with Gasteiger partial charge in [-0.1, -0.05) is 30.3 Å². The molecule has 6 nitrogen and oxygen atoms in total. The number of nitrogens with two attached hydrogens (primary N) is 1. The third-order valence-corrected chi connectivity index (χ3v) is 2.86. The van der Waals surface area contributed by atoms with E-state index in [1.165, 1.54) is 0 Å². The number of carbonyl (C=O) groups excluding carboxylic acids is 1.